The molecule has 4 aromatic rings. The number of nitrogens with zero attached hydrogens (tertiary/aromatic N) is 2. The molecule has 6 nitrogen and oxygen atoms in total. The van der Waals surface area contributed by atoms with E-state index in [1.54, 1.807) is 30.8 Å². The van der Waals surface area contributed by atoms with Crippen molar-refractivity contribution in [3.05, 3.63) is 102 Å². The van der Waals surface area contributed by atoms with E-state index in [2.05, 4.69) is 15.6 Å². The van der Waals surface area contributed by atoms with Crippen molar-refractivity contribution in [3.63, 3.8) is 0 Å². The van der Waals surface area contributed by atoms with Gasteiger partial charge < -0.3 is 15.0 Å². The molecule has 1 unspecified atom stereocenters. The number of carbonyl (C=O) groups is 2. The molecule has 7 heteroatoms. The summed E-state index contributed by atoms with van der Waals surface area (Å²) in [5, 5.41) is 5.60. The molecule has 0 spiro atoms. The summed E-state index contributed by atoms with van der Waals surface area (Å²) < 4.78 is 2.00. The zero-order valence-corrected chi connectivity index (χ0v) is 18.5. The summed E-state index contributed by atoms with van der Waals surface area (Å²) in [4.78, 5) is 30.4. The van der Waals surface area contributed by atoms with E-state index in [1.165, 1.54) is 0 Å². The van der Waals surface area contributed by atoms with E-state index in [4.69, 9.17) is 0 Å². The minimum atomic E-state index is -0.629. The average molecular weight is 445 g/mol. The zero-order valence-electron chi connectivity index (χ0n) is 17.7. The molecule has 0 aliphatic carbocycles. The number of hydrogen-bond donors (Lipinski definition) is 2. The van der Waals surface area contributed by atoms with E-state index >= 15 is 0 Å². The SMILES string of the molecule is CC(NC(=O)c1ccc(SCc2cn3ccccc3n2)cc1)C(=O)NCc1ccccc1. The Labute approximate surface area is 191 Å². The molecule has 32 heavy (non-hydrogen) atoms. The maximum atomic E-state index is 12.5. The number of thioether (sulfide) groups is 1. The molecule has 0 bridgehead atoms. The second-order valence-electron chi connectivity index (χ2n) is 7.41. The van der Waals surface area contributed by atoms with Crippen molar-refractivity contribution in [1.29, 1.82) is 0 Å². The lowest BCUT2D eigenvalue weighted by atomic mass is 10.2. The van der Waals surface area contributed by atoms with Gasteiger partial charge in [0.25, 0.3) is 5.91 Å². The second-order valence-corrected chi connectivity index (χ2v) is 8.46. The number of pyridine rings is 1. The summed E-state index contributed by atoms with van der Waals surface area (Å²) in [6.07, 6.45) is 4.00. The van der Waals surface area contributed by atoms with Gasteiger partial charge in [-0.3, -0.25) is 9.59 Å². The van der Waals surface area contributed by atoms with Crippen LogP contribution >= 0.6 is 11.8 Å². The predicted molar refractivity (Wildman–Crippen MR) is 126 cm³/mol. The van der Waals surface area contributed by atoms with Gasteiger partial charge >= 0.3 is 0 Å². The molecule has 4 rings (SSSR count). The number of aromatic nitrogens is 2. The normalized spacial score (nSPS) is 11.8. The average Bonchev–Trinajstić information content (AvgIpc) is 3.25. The van der Waals surface area contributed by atoms with Crippen LogP contribution in [-0.4, -0.2) is 27.2 Å². The molecule has 0 fully saturated rings. The molecule has 2 amide bonds. The summed E-state index contributed by atoms with van der Waals surface area (Å²) in [5.41, 5.74) is 3.45. The van der Waals surface area contributed by atoms with Crippen molar-refractivity contribution in [3.8, 4) is 0 Å². The molecule has 1 atom stereocenters. The van der Waals surface area contributed by atoms with E-state index < -0.39 is 6.04 Å². The number of rotatable bonds is 8. The number of nitrogens with one attached hydrogen (secondary N) is 2. The number of fused-ring (bicyclic) bond motifs is 1. The second kappa shape index (κ2) is 10.2. The van der Waals surface area contributed by atoms with Crippen LogP contribution in [0, 0.1) is 0 Å². The quantitative estimate of drug-likeness (QED) is 0.402. The van der Waals surface area contributed by atoms with Crippen LogP contribution < -0.4 is 10.6 Å². The Balaban J connectivity index is 1.27. The van der Waals surface area contributed by atoms with E-state index in [1.807, 2.05) is 77.5 Å². The third-order valence-corrected chi connectivity index (χ3v) is 6.01. The van der Waals surface area contributed by atoms with Crippen LogP contribution in [-0.2, 0) is 17.1 Å². The Morgan fingerprint density at radius 3 is 2.50 bits per heavy atom. The van der Waals surface area contributed by atoms with Gasteiger partial charge in [-0.25, -0.2) is 4.98 Å². The highest BCUT2D eigenvalue weighted by molar-refractivity contribution is 7.98. The van der Waals surface area contributed by atoms with Crippen molar-refractivity contribution >= 4 is 29.2 Å². The fraction of sp³-hybridized carbons (Fsp3) is 0.160. The van der Waals surface area contributed by atoms with Gasteiger partial charge in [0.1, 0.15) is 11.7 Å². The standard InChI is InChI=1S/C25H24N4O2S/c1-18(24(30)26-15-19-7-3-2-4-8-19)27-25(31)20-10-12-22(13-11-20)32-17-21-16-29-14-6-5-9-23(29)28-21/h2-14,16,18H,15,17H2,1H3,(H,26,30)(H,27,31). The molecule has 2 N–H and O–H groups in total. The summed E-state index contributed by atoms with van der Waals surface area (Å²) in [7, 11) is 0. The summed E-state index contributed by atoms with van der Waals surface area (Å²) in [6.45, 7) is 2.11. The van der Waals surface area contributed by atoms with Crippen LogP contribution in [0.25, 0.3) is 5.65 Å². The minimum Gasteiger partial charge on any atom is -0.350 e. The van der Waals surface area contributed by atoms with Crippen molar-refractivity contribution in [2.24, 2.45) is 0 Å². The number of hydrogen-bond acceptors (Lipinski definition) is 4. The van der Waals surface area contributed by atoms with Crippen molar-refractivity contribution in [2.75, 3.05) is 0 Å². The topological polar surface area (TPSA) is 75.5 Å². The fourth-order valence-electron chi connectivity index (χ4n) is 3.20. The molecule has 162 valence electrons. The highest BCUT2D eigenvalue weighted by atomic mass is 32.2. The van der Waals surface area contributed by atoms with E-state index in [0.29, 0.717) is 12.1 Å². The van der Waals surface area contributed by atoms with Gasteiger partial charge in [0.05, 0.1) is 5.69 Å². The number of imidazole rings is 1. The fourth-order valence-corrected chi connectivity index (χ4v) is 3.98. The van der Waals surface area contributed by atoms with Gasteiger partial charge in [-0.05, 0) is 48.9 Å². The molecule has 0 saturated carbocycles. The molecule has 0 radical (unpaired) electrons. The third-order valence-electron chi connectivity index (χ3n) is 4.97. The molecule has 2 aromatic heterocycles. The maximum absolute atomic E-state index is 12.5. The highest BCUT2D eigenvalue weighted by Crippen LogP contribution is 2.23. The van der Waals surface area contributed by atoms with Crippen molar-refractivity contribution in [1.82, 2.24) is 20.0 Å². The van der Waals surface area contributed by atoms with Gasteiger partial charge in [0.2, 0.25) is 5.91 Å². The first-order chi connectivity index (χ1) is 15.6. The first kappa shape index (κ1) is 21.6. The monoisotopic (exact) mass is 444 g/mol. The van der Waals surface area contributed by atoms with Gasteiger partial charge in [-0.2, -0.15) is 0 Å². The van der Waals surface area contributed by atoms with Crippen LogP contribution in [0.3, 0.4) is 0 Å². The van der Waals surface area contributed by atoms with Crippen LogP contribution in [0.15, 0.2) is 90.1 Å². The first-order valence-electron chi connectivity index (χ1n) is 10.4. The lowest BCUT2D eigenvalue weighted by Gasteiger charge is -2.14. The smallest absolute Gasteiger partial charge is 0.251 e. The Kier molecular flexibility index (Phi) is 6.87. The molecule has 2 heterocycles. The largest absolute Gasteiger partial charge is 0.350 e. The summed E-state index contributed by atoms with van der Waals surface area (Å²) in [5.74, 6) is 0.248. The Bertz CT molecular complexity index is 1170. The Morgan fingerprint density at radius 1 is 1.00 bits per heavy atom. The lowest BCUT2D eigenvalue weighted by molar-refractivity contribution is -0.122. The summed E-state index contributed by atoms with van der Waals surface area (Å²) in [6, 6.07) is 22.3. The zero-order chi connectivity index (χ0) is 22.3. The van der Waals surface area contributed by atoms with Gasteiger partial charge in [0.15, 0.2) is 0 Å². The van der Waals surface area contributed by atoms with Crippen LogP contribution in [0.5, 0.6) is 0 Å². The summed E-state index contributed by atoms with van der Waals surface area (Å²) >= 11 is 1.66. The van der Waals surface area contributed by atoms with Crippen molar-refractivity contribution in [2.45, 2.75) is 30.2 Å². The maximum Gasteiger partial charge on any atom is 0.251 e. The number of carbonyl (C=O) groups excluding carboxylic acids is 2. The van der Waals surface area contributed by atoms with Gasteiger partial charge in [-0.1, -0.05) is 36.4 Å². The Morgan fingerprint density at radius 2 is 1.75 bits per heavy atom. The molecule has 0 aliphatic rings. The number of amides is 2. The van der Waals surface area contributed by atoms with E-state index in [0.717, 1.165) is 27.6 Å². The van der Waals surface area contributed by atoms with Gasteiger partial charge in [0, 0.05) is 35.2 Å². The van der Waals surface area contributed by atoms with E-state index in [-0.39, 0.29) is 11.8 Å². The Hall–Kier alpha value is -3.58. The van der Waals surface area contributed by atoms with Crippen LogP contribution in [0.4, 0.5) is 0 Å². The molecular formula is C25H24N4O2S. The molecule has 0 aliphatic heterocycles. The molecular weight excluding hydrogens is 420 g/mol. The molecule has 0 saturated heterocycles. The predicted octanol–water partition coefficient (Wildman–Crippen LogP) is 4.06. The van der Waals surface area contributed by atoms with E-state index in [9.17, 15) is 9.59 Å². The lowest BCUT2D eigenvalue weighted by Crippen LogP contribution is -2.44. The van der Waals surface area contributed by atoms with Gasteiger partial charge in [-0.15, -0.1) is 11.8 Å². The number of benzene rings is 2. The van der Waals surface area contributed by atoms with Crippen LogP contribution in [0.2, 0.25) is 0 Å². The highest BCUT2D eigenvalue weighted by Gasteiger charge is 2.16. The van der Waals surface area contributed by atoms with Crippen molar-refractivity contribution < 1.29 is 9.59 Å². The molecule has 2 aromatic carbocycles. The minimum absolute atomic E-state index is 0.221. The van der Waals surface area contributed by atoms with Crippen LogP contribution in [0.1, 0.15) is 28.5 Å². The third kappa shape index (κ3) is 5.56. The first-order valence-corrected chi connectivity index (χ1v) is 11.3.